The molecule has 1 fully saturated rings. The van der Waals surface area contributed by atoms with Gasteiger partial charge in [0.15, 0.2) is 0 Å². The van der Waals surface area contributed by atoms with E-state index in [0.717, 1.165) is 16.7 Å². The van der Waals surface area contributed by atoms with E-state index in [-0.39, 0.29) is 10.6 Å². The largest absolute Gasteiger partial charge is 0.296 e. The van der Waals surface area contributed by atoms with Crippen molar-refractivity contribution in [1.82, 2.24) is 9.21 Å². The maximum Gasteiger partial charge on any atom is 0.273 e. The van der Waals surface area contributed by atoms with Gasteiger partial charge in [0.25, 0.3) is 5.69 Å². The smallest absolute Gasteiger partial charge is 0.273 e. The normalized spacial score (nSPS) is 16.2. The zero-order valence-electron chi connectivity index (χ0n) is 16.4. The topological polar surface area (TPSA) is 83.8 Å². The first-order valence-corrected chi connectivity index (χ1v) is 10.7. The van der Waals surface area contributed by atoms with E-state index in [9.17, 15) is 18.5 Å². The van der Waals surface area contributed by atoms with Crippen LogP contribution in [0.25, 0.3) is 0 Å². The summed E-state index contributed by atoms with van der Waals surface area (Å²) < 4.78 is 27.9. The molecule has 0 saturated carbocycles. The molecule has 0 N–H and O–H groups in total. The Morgan fingerprint density at radius 2 is 1.57 bits per heavy atom. The predicted octanol–water partition coefficient (Wildman–Crippen LogP) is 3.03. The maximum absolute atomic E-state index is 13.2. The number of piperazine rings is 1. The molecule has 28 heavy (non-hydrogen) atoms. The van der Waals surface area contributed by atoms with Gasteiger partial charge in [0.2, 0.25) is 10.0 Å². The van der Waals surface area contributed by atoms with Gasteiger partial charge >= 0.3 is 0 Å². The van der Waals surface area contributed by atoms with Crippen LogP contribution in [0, 0.1) is 30.9 Å². The van der Waals surface area contributed by atoms with Crippen molar-refractivity contribution in [2.24, 2.45) is 0 Å². The lowest BCUT2D eigenvalue weighted by Crippen LogP contribution is -2.48. The molecule has 0 radical (unpaired) electrons. The minimum Gasteiger partial charge on any atom is -0.296 e. The molecule has 0 spiro atoms. The molecule has 0 bridgehead atoms. The van der Waals surface area contributed by atoms with E-state index < -0.39 is 10.0 Å². The molecule has 0 atom stereocenters. The summed E-state index contributed by atoms with van der Waals surface area (Å²) in [7, 11) is -3.56. The number of hydrogen-bond donors (Lipinski definition) is 0. The summed E-state index contributed by atoms with van der Waals surface area (Å²) in [6.07, 6.45) is 0. The van der Waals surface area contributed by atoms with Gasteiger partial charge in [-0.25, -0.2) is 8.42 Å². The lowest BCUT2D eigenvalue weighted by atomic mass is 10.1. The average molecular weight is 404 g/mol. The van der Waals surface area contributed by atoms with Crippen molar-refractivity contribution < 1.29 is 13.3 Å². The van der Waals surface area contributed by atoms with Crippen molar-refractivity contribution in [2.45, 2.75) is 32.2 Å². The first-order chi connectivity index (χ1) is 13.2. The van der Waals surface area contributed by atoms with Crippen molar-refractivity contribution in [2.75, 3.05) is 26.2 Å². The third-order valence-electron chi connectivity index (χ3n) is 5.12. The number of aryl methyl sites for hydroxylation is 3. The molecule has 1 heterocycles. The van der Waals surface area contributed by atoms with Crippen LogP contribution in [0.1, 0.15) is 22.3 Å². The number of nitro benzene ring substituents is 1. The maximum atomic E-state index is 13.2. The van der Waals surface area contributed by atoms with Gasteiger partial charge in [0.05, 0.1) is 9.82 Å². The van der Waals surface area contributed by atoms with E-state index in [1.165, 1.54) is 10.4 Å². The Morgan fingerprint density at radius 1 is 1.00 bits per heavy atom. The molecular formula is C20H25N3O4S. The molecule has 0 unspecified atom stereocenters. The molecule has 1 aliphatic heterocycles. The van der Waals surface area contributed by atoms with Crippen LogP contribution >= 0.6 is 0 Å². The zero-order valence-corrected chi connectivity index (χ0v) is 17.2. The highest BCUT2D eigenvalue weighted by Gasteiger charge is 2.31. The fraction of sp³-hybridized carbons (Fsp3) is 0.400. The fourth-order valence-corrected chi connectivity index (χ4v) is 5.73. The summed E-state index contributed by atoms with van der Waals surface area (Å²) in [6.45, 7) is 7.87. The highest BCUT2D eigenvalue weighted by molar-refractivity contribution is 7.89. The molecule has 0 aromatic heterocycles. The van der Waals surface area contributed by atoms with Crippen LogP contribution in [0.3, 0.4) is 0 Å². The predicted molar refractivity (Wildman–Crippen MR) is 108 cm³/mol. The van der Waals surface area contributed by atoms with Crippen LogP contribution in [-0.4, -0.2) is 48.7 Å². The van der Waals surface area contributed by atoms with Crippen LogP contribution in [0.2, 0.25) is 0 Å². The monoisotopic (exact) mass is 403 g/mol. The lowest BCUT2D eigenvalue weighted by Gasteiger charge is -2.34. The molecule has 1 aliphatic rings. The van der Waals surface area contributed by atoms with E-state index in [1.807, 2.05) is 32.9 Å². The summed E-state index contributed by atoms with van der Waals surface area (Å²) in [5.74, 6) is 0. The van der Waals surface area contributed by atoms with Crippen LogP contribution in [0.5, 0.6) is 0 Å². The SMILES string of the molecule is Cc1cc(C)c(S(=O)(=O)N2CCN(Cc3ccccc3[N+](=O)[O-])CC2)c(C)c1. The van der Waals surface area contributed by atoms with Gasteiger partial charge < -0.3 is 0 Å². The second kappa shape index (κ2) is 7.98. The van der Waals surface area contributed by atoms with Gasteiger partial charge in [-0.3, -0.25) is 15.0 Å². The molecule has 150 valence electrons. The van der Waals surface area contributed by atoms with E-state index >= 15 is 0 Å². The molecule has 1 saturated heterocycles. The van der Waals surface area contributed by atoms with Crippen LogP contribution in [0.15, 0.2) is 41.3 Å². The molecule has 7 nitrogen and oxygen atoms in total. The first-order valence-electron chi connectivity index (χ1n) is 9.23. The number of sulfonamides is 1. The van der Waals surface area contributed by atoms with Gasteiger partial charge in [-0.15, -0.1) is 0 Å². The second-order valence-electron chi connectivity index (χ2n) is 7.29. The molecular weight excluding hydrogens is 378 g/mol. The van der Waals surface area contributed by atoms with E-state index in [2.05, 4.69) is 4.90 Å². The Morgan fingerprint density at radius 3 is 2.14 bits per heavy atom. The summed E-state index contributed by atoms with van der Waals surface area (Å²) in [6, 6.07) is 10.5. The van der Waals surface area contributed by atoms with Crippen LogP contribution < -0.4 is 0 Å². The number of rotatable bonds is 5. The Kier molecular flexibility index (Phi) is 5.83. The van der Waals surface area contributed by atoms with E-state index in [4.69, 9.17) is 0 Å². The third kappa shape index (κ3) is 4.09. The highest BCUT2D eigenvalue weighted by Crippen LogP contribution is 2.27. The third-order valence-corrected chi connectivity index (χ3v) is 7.32. The van der Waals surface area contributed by atoms with Crippen LogP contribution in [0.4, 0.5) is 5.69 Å². The number of para-hydroxylation sites is 1. The van der Waals surface area contributed by atoms with Crippen molar-refractivity contribution in [1.29, 1.82) is 0 Å². The first kappa shape index (κ1) is 20.4. The quantitative estimate of drug-likeness (QED) is 0.566. The van der Waals surface area contributed by atoms with Crippen molar-refractivity contribution in [3.63, 3.8) is 0 Å². The summed E-state index contributed by atoms with van der Waals surface area (Å²) in [5.41, 5.74) is 3.32. The molecule has 2 aromatic carbocycles. The van der Waals surface area contributed by atoms with Gasteiger partial charge in [0.1, 0.15) is 0 Å². The summed E-state index contributed by atoms with van der Waals surface area (Å²) >= 11 is 0. The number of hydrogen-bond acceptors (Lipinski definition) is 5. The second-order valence-corrected chi connectivity index (χ2v) is 9.17. The Hall–Kier alpha value is -2.29. The van der Waals surface area contributed by atoms with E-state index in [0.29, 0.717) is 43.2 Å². The summed E-state index contributed by atoms with van der Waals surface area (Å²) in [4.78, 5) is 13.3. The average Bonchev–Trinajstić information content (AvgIpc) is 2.61. The lowest BCUT2D eigenvalue weighted by molar-refractivity contribution is -0.385. The number of nitrogens with zero attached hydrogens (tertiary/aromatic N) is 3. The highest BCUT2D eigenvalue weighted by atomic mass is 32.2. The Balaban J connectivity index is 1.73. The zero-order chi connectivity index (χ0) is 20.5. The van der Waals surface area contributed by atoms with Gasteiger partial charge in [0, 0.05) is 44.4 Å². The molecule has 2 aromatic rings. The van der Waals surface area contributed by atoms with Gasteiger partial charge in [-0.1, -0.05) is 35.9 Å². The molecule has 8 heteroatoms. The van der Waals surface area contributed by atoms with Crippen molar-refractivity contribution >= 4 is 15.7 Å². The minimum atomic E-state index is -3.56. The van der Waals surface area contributed by atoms with Crippen molar-refractivity contribution in [3.8, 4) is 0 Å². The van der Waals surface area contributed by atoms with Gasteiger partial charge in [-0.05, 0) is 31.9 Å². The minimum absolute atomic E-state index is 0.100. The van der Waals surface area contributed by atoms with Crippen molar-refractivity contribution in [3.05, 3.63) is 68.8 Å². The molecule has 0 aliphatic carbocycles. The molecule has 0 amide bonds. The Bertz CT molecular complexity index is 973. The number of benzene rings is 2. The Labute approximate surface area is 165 Å². The van der Waals surface area contributed by atoms with E-state index in [1.54, 1.807) is 18.2 Å². The summed E-state index contributed by atoms with van der Waals surface area (Å²) in [5, 5.41) is 11.2. The fourth-order valence-electron chi connectivity index (χ4n) is 3.89. The number of nitro groups is 1. The van der Waals surface area contributed by atoms with Crippen LogP contribution in [-0.2, 0) is 16.6 Å². The van der Waals surface area contributed by atoms with Gasteiger partial charge in [-0.2, -0.15) is 4.31 Å². The molecule has 3 rings (SSSR count). The standard InChI is InChI=1S/C20H25N3O4S/c1-15-12-16(2)20(17(3)13-15)28(26,27)22-10-8-21(9-11-22)14-18-6-4-5-7-19(18)23(24)25/h4-7,12-13H,8-11,14H2,1-3H3.